The number of aromatic nitrogens is 2. The third-order valence-corrected chi connectivity index (χ3v) is 12.2. The first kappa shape index (κ1) is 38.8. The first-order chi connectivity index (χ1) is 30.2. The number of benzene rings is 8. The lowest BCUT2D eigenvalue weighted by atomic mass is 9.89. The molecule has 8 aromatic carbocycles. The van der Waals surface area contributed by atoms with Gasteiger partial charge in [-0.25, -0.2) is 9.66 Å². The normalized spacial score (nSPS) is 15.2. The Balaban J connectivity index is 0.968. The Bertz CT molecular complexity index is 3370. The highest BCUT2D eigenvalue weighted by Crippen LogP contribution is 2.38. The Morgan fingerprint density at radius 1 is 0.855 bits per heavy atom. The van der Waals surface area contributed by atoms with Crippen LogP contribution in [-0.2, 0) is 20.7 Å². The molecule has 1 fully saturated rings. The van der Waals surface area contributed by atoms with Crippen LogP contribution in [0.3, 0.4) is 0 Å². The maximum absolute atomic E-state index is 14.7. The molecule has 2 atom stereocenters. The first-order valence-electron chi connectivity index (χ1n) is 20.7. The third-order valence-electron chi connectivity index (χ3n) is 12.2. The molecule has 0 radical (unpaired) electrons. The van der Waals surface area contributed by atoms with Crippen LogP contribution in [0, 0.1) is 17.3 Å². The molecule has 0 bridgehead atoms. The number of amides is 1. The molecule has 0 aliphatic carbocycles. The molecule has 11 heteroatoms. The lowest BCUT2D eigenvalue weighted by molar-refractivity contribution is -0.129. The molecule has 0 spiro atoms. The number of ketones is 1. The molecular weight excluding hydrogens is 777 g/mol. The van der Waals surface area contributed by atoms with Gasteiger partial charge in [0.15, 0.2) is 5.78 Å². The van der Waals surface area contributed by atoms with E-state index in [9.17, 15) is 14.4 Å². The number of carbonyl (C=O) groups excluding carboxylic acids is 2. The minimum atomic E-state index is -0.642. The van der Waals surface area contributed by atoms with E-state index in [1.165, 1.54) is 6.33 Å². The number of carbonyl (C=O) groups is 2. The van der Waals surface area contributed by atoms with Crippen LogP contribution in [0.15, 0.2) is 120 Å². The van der Waals surface area contributed by atoms with Gasteiger partial charge in [0.1, 0.15) is 29.6 Å². The fourth-order valence-electron chi connectivity index (χ4n) is 9.28. The molecule has 1 aliphatic heterocycles. The number of methoxy groups -OCH3 is 1. The first-order valence-corrected chi connectivity index (χ1v) is 20.7. The van der Waals surface area contributed by atoms with E-state index < -0.39 is 11.8 Å². The molecule has 11 nitrogen and oxygen atoms in total. The van der Waals surface area contributed by atoms with Gasteiger partial charge in [0.05, 0.1) is 25.7 Å². The van der Waals surface area contributed by atoms with Crippen LogP contribution in [0.1, 0.15) is 40.7 Å². The summed E-state index contributed by atoms with van der Waals surface area (Å²) in [7, 11) is 1.61. The quantitative estimate of drug-likeness (QED) is 0.0369. The second kappa shape index (κ2) is 15.9. The lowest BCUT2D eigenvalue weighted by Crippen LogP contribution is -2.37. The zero-order valence-electron chi connectivity index (χ0n) is 34.0. The average Bonchev–Trinajstić information content (AvgIpc) is 3.73. The minimum absolute atomic E-state index is 0.0619. The number of nitrogens with two attached hydrogens (primary N) is 1. The topological polar surface area (TPSA) is 153 Å². The van der Waals surface area contributed by atoms with Crippen molar-refractivity contribution in [3.05, 3.63) is 143 Å². The van der Waals surface area contributed by atoms with Gasteiger partial charge in [0.25, 0.3) is 5.56 Å². The van der Waals surface area contributed by atoms with Crippen molar-refractivity contribution in [2.75, 3.05) is 38.0 Å². The van der Waals surface area contributed by atoms with Crippen LogP contribution in [-0.4, -0.2) is 71.1 Å². The summed E-state index contributed by atoms with van der Waals surface area (Å²) in [4.78, 5) is 48.4. The van der Waals surface area contributed by atoms with Gasteiger partial charge < -0.3 is 25.5 Å². The molecule has 62 heavy (non-hydrogen) atoms. The van der Waals surface area contributed by atoms with Crippen molar-refractivity contribution in [1.82, 2.24) is 14.6 Å². The molecular formula is C51H42N6O5. The average molecular weight is 819 g/mol. The van der Waals surface area contributed by atoms with Gasteiger partial charge in [-0.3, -0.25) is 19.8 Å². The van der Waals surface area contributed by atoms with E-state index in [2.05, 4.69) is 88.9 Å². The predicted molar refractivity (Wildman–Crippen MR) is 246 cm³/mol. The highest BCUT2D eigenvalue weighted by molar-refractivity contribution is 6.28. The zero-order chi connectivity index (χ0) is 42.5. The van der Waals surface area contributed by atoms with Crippen molar-refractivity contribution in [2.24, 2.45) is 0 Å². The Hall–Kier alpha value is -7.39. The summed E-state index contributed by atoms with van der Waals surface area (Å²) < 4.78 is 12.0. The van der Waals surface area contributed by atoms with Gasteiger partial charge in [-0.05, 0) is 101 Å². The van der Waals surface area contributed by atoms with E-state index in [0.29, 0.717) is 18.6 Å². The van der Waals surface area contributed by atoms with Crippen molar-refractivity contribution < 1.29 is 19.1 Å². The largest absolute Gasteiger partial charge is 0.382 e. The smallest absolute Gasteiger partial charge is 0.283 e. The van der Waals surface area contributed by atoms with Gasteiger partial charge in [-0.2, -0.15) is 0 Å². The molecule has 4 N–H and O–H groups in total. The van der Waals surface area contributed by atoms with Gasteiger partial charge in [-0.1, -0.05) is 103 Å². The Morgan fingerprint density at radius 2 is 1.47 bits per heavy atom. The SMILES string of the molecule is COCC1CC[C@H](Nc2ncn(N)c(=O)c2C(=N)C#CCCN(CC(=O)c2cc3cccc4ccc5cccc2c5c43)C(=O)Cc2cc3cccc4ccc5cccc2c5c43)O1. The number of nitrogens with one attached hydrogen (secondary N) is 2. The van der Waals surface area contributed by atoms with Crippen molar-refractivity contribution in [3.8, 4) is 11.8 Å². The number of anilines is 1. The molecule has 1 unspecified atom stereocenters. The van der Waals surface area contributed by atoms with Gasteiger partial charge in [0.2, 0.25) is 5.91 Å². The Kier molecular flexibility index (Phi) is 9.95. The van der Waals surface area contributed by atoms with Crippen LogP contribution < -0.4 is 16.7 Å². The summed E-state index contributed by atoms with van der Waals surface area (Å²) in [6.45, 7) is 0.363. The maximum Gasteiger partial charge on any atom is 0.283 e. The summed E-state index contributed by atoms with van der Waals surface area (Å²) in [6, 6.07) is 36.9. The molecule has 1 aromatic heterocycles. The number of nitrogens with zero attached hydrogens (tertiary/aromatic N) is 3. The Morgan fingerprint density at radius 3 is 2.16 bits per heavy atom. The molecule has 9 aromatic rings. The number of ether oxygens (including phenoxy) is 2. The summed E-state index contributed by atoms with van der Waals surface area (Å²) in [5.41, 5.74) is 0.397. The molecule has 10 rings (SSSR count). The van der Waals surface area contributed by atoms with Crippen molar-refractivity contribution >= 4 is 87.9 Å². The second-order valence-corrected chi connectivity index (χ2v) is 16.0. The van der Waals surface area contributed by atoms with Crippen LogP contribution in [0.5, 0.6) is 0 Å². The molecule has 0 saturated carbocycles. The van der Waals surface area contributed by atoms with Crippen molar-refractivity contribution in [2.45, 2.75) is 38.0 Å². The number of hydrogen-bond donors (Lipinski definition) is 3. The van der Waals surface area contributed by atoms with E-state index in [0.717, 1.165) is 81.3 Å². The standard InChI is InChI=1S/C51H42N6O5/c1-61-28-37-21-22-43(62-37)55-50-49(51(60)57(53)29-54-50)41(52)16-2-3-23-56(27-42(58)40-25-35-13-5-9-31-18-20-33-11-7-15-39(40)48(33)46(31)35)44(59)26-36-24-34-12-4-8-30-17-19-32-10-6-14-38(36)47(32)45(30)34/h4-15,17-20,24-25,29,37,43,52,55H,3,21-23,26-28,53H2,1H3/t37?,43-/m1/s1. The van der Waals surface area contributed by atoms with Gasteiger partial charge >= 0.3 is 0 Å². The van der Waals surface area contributed by atoms with Gasteiger partial charge in [-0.15, -0.1) is 0 Å². The number of rotatable bonds is 12. The number of Topliss-reactive ketones (excluding diaryl/α,β-unsaturated/α-hetero) is 1. The third kappa shape index (κ3) is 6.89. The van der Waals surface area contributed by atoms with E-state index in [1.54, 1.807) is 12.0 Å². The molecule has 1 aliphatic rings. The fourth-order valence-corrected chi connectivity index (χ4v) is 9.28. The van der Waals surface area contributed by atoms with Crippen LogP contribution in [0.2, 0.25) is 0 Å². The molecule has 1 amide bonds. The second-order valence-electron chi connectivity index (χ2n) is 16.0. The summed E-state index contributed by atoms with van der Waals surface area (Å²) in [5, 5.41) is 24.6. The molecule has 306 valence electrons. The number of nitrogen functional groups attached to an aromatic ring is 1. The van der Waals surface area contributed by atoms with E-state index in [-0.39, 0.29) is 60.8 Å². The van der Waals surface area contributed by atoms with E-state index >= 15 is 0 Å². The molecule has 2 heterocycles. The predicted octanol–water partition coefficient (Wildman–Crippen LogP) is 8.03. The zero-order valence-corrected chi connectivity index (χ0v) is 34.0. The summed E-state index contributed by atoms with van der Waals surface area (Å²) >= 11 is 0. The van der Waals surface area contributed by atoms with Crippen LogP contribution in [0.25, 0.3) is 64.6 Å². The van der Waals surface area contributed by atoms with Crippen LogP contribution >= 0.6 is 0 Å². The van der Waals surface area contributed by atoms with Crippen LogP contribution in [0.4, 0.5) is 5.82 Å². The summed E-state index contributed by atoms with van der Waals surface area (Å²) in [6.07, 6.45) is 2.24. The highest BCUT2D eigenvalue weighted by atomic mass is 16.5. The fraction of sp³-hybridized carbons (Fsp3) is 0.196. The van der Waals surface area contributed by atoms with Crippen molar-refractivity contribution in [3.63, 3.8) is 0 Å². The van der Waals surface area contributed by atoms with Crippen molar-refractivity contribution in [1.29, 1.82) is 5.41 Å². The highest BCUT2D eigenvalue weighted by Gasteiger charge is 2.28. The molecule has 1 saturated heterocycles. The Labute approximate surface area is 356 Å². The summed E-state index contributed by atoms with van der Waals surface area (Å²) in [5.74, 6) is 11.4. The van der Waals surface area contributed by atoms with E-state index in [1.807, 2.05) is 42.5 Å². The lowest BCUT2D eigenvalue weighted by Gasteiger charge is -2.23. The monoisotopic (exact) mass is 818 g/mol. The number of hydrogen-bond acceptors (Lipinski definition) is 9. The maximum atomic E-state index is 14.7. The van der Waals surface area contributed by atoms with E-state index in [4.69, 9.17) is 20.7 Å². The van der Waals surface area contributed by atoms with Gasteiger partial charge in [0, 0.05) is 25.6 Å². The minimum Gasteiger partial charge on any atom is -0.382 e.